The second-order valence-electron chi connectivity index (χ2n) is 5.68. The van der Waals surface area contributed by atoms with Gasteiger partial charge in [0, 0.05) is 16.6 Å². The Balaban J connectivity index is 1.66. The van der Waals surface area contributed by atoms with E-state index in [0.29, 0.717) is 23.6 Å². The zero-order valence-corrected chi connectivity index (χ0v) is 16.2. The summed E-state index contributed by atoms with van der Waals surface area (Å²) in [6.45, 7) is 1.93. The van der Waals surface area contributed by atoms with Crippen molar-refractivity contribution < 1.29 is 17.9 Å². The number of hydrogen-bond donors (Lipinski definition) is 1. The number of sulfone groups is 1. The fourth-order valence-corrected chi connectivity index (χ4v) is 3.74. The molecular weight excluding hydrogens is 384 g/mol. The molecule has 0 fully saturated rings. The van der Waals surface area contributed by atoms with E-state index in [1.165, 1.54) is 23.5 Å². The molecule has 1 amide bonds. The number of rotatable bonds is 7. The first-order valence-corrected chi connectivity index (χ1v) is 10.8. The van der Waals surface area contributed by atoms with Crippen LogP contribution < -0.4 is 10.1 Å². The summed E-state index contributed by atoms with van der Waals surface area (Å²) in [5.74, 6) is 0.298. The van der Waals surface area contributed by atoms with Crippen molar-refractivity contribution >= 4 is 32.8 Å². The predicted molar refractivity (Wildman–Crippen MR) is 105 cm³/mol. The molecule has 1 N–H and O–H groups in total. The molecule has 0 unspecified atom stereocenters. The molecule has 3 rings (SSSR count). The third kappa shape index (κ3) is 4.93. The standard InChI is InChI=1S/C19H18N2O4S2/c1-2-27(23,24)18-8-6-15(7-9-18)21-19(22)14-4-3-5-17(10-14)25-11-16-12-26-13-20-16/h3-10,12-13H,2,11H2,1H3,(H,21,22). The highest BCUT2D eigenvalue weighted by atomic mass is 32.2. The quantitative estimate of drug-likeness (QED) is 0.650. The number of anilines is 1. The number of carbonyl (C=O) groups excluding carboxylic acids is 1. The Hall–Kier alpha value is -2.71. The average molecular weight is 402 g/mol. The molecule has 140 valence electrons. The monoisotopic (exact) mass is 402 g/mol. The summed E-state index contributed by atoms with van der Waals surface area (Å²) >= 11 is 1.49. The molecule has 0 atom stereocenters. The van der Waals surface area contributed by atoms with Crippen molar-refractivity contribution in [2.45, 2.75) is 18.4 Å². The van der Waals surface area contributed by atoms with E-state index in [1.54, 1.807) is 48.8 Å². The Morgan fingerprint density at radius 2 is 1.96 bits per heavy atom. The summed E-state index contributed by atoms with van der Waals surface area (Å²) in [7, 11) is -3.26. The summed E-state index contributed by atoms with van der Waals surface area (Å²) in [4.78, 5) is 16.8. The molecular formula is C19H18N2O4S2. The van der Waals surface area contributed by atoms with Gasteiger partial charge in [0.1, 0.15) is 12.4 Å². The van der Waals surface area contributed by atoms with Crippen LogP contribution in [0, 0.1) is 0 Å². The first kappa shape index (κ1) is 19.1. The Morgan fingerprint density at radius 1 is 1.19 bits per heavy atom. The van der Waals surface area contributed by atoms with Crippen molar-refractivity contribution in [3.8, 4) is 5.75 Å². The lowest BCUT2D eigenvalue weighted by atomic mass is 10.2. The van der Waals surface area contributed by atoms with E-state index in [-0.39, 0.29) is 16.6 Å². The predicted octanol–water partition coefficient (Wildman–Crippen LogP) is 3.77. The highest BCUT2D eigenvalue weighted by molar-refractivity contribution is 7.91. The minimum Gasteiger partial charge on any atom is -0.487 e. The van der Waals surface area contributed by atoms with Gasteiger partial charge in [0.2, 0.25) is 0 Å². The lowest BCUT2D eigenvalue weighted by molar-refractivity contribution is 0.102. The summed E-state index contributed by atoms with van der Waals surface area (Å²) in [6, 6.07) is 13.0. The molecule has 0 radical (unpaired) electrons. The number of thiazole rings is 1. The van der Waals surface area contributed by atoms with Gasteiger partial charge < -0.3 is 10.1 Å². The van der Waals surface area contributed by atoms with Crippen LogP contribution in [-0.4, -0.2) is 25.1 Å². The van der Waals surface area contributed by atoms with Crippen molar-refractivity contribution in [2.24, 2.45) is 0 Å². The number of benzene rings is 2. The fourth-order valence-electron chi connectivity index (χ4n) is 2.31. The number of ether oxygens (including phenoxy) is 1. The van der Waals surface area contributed by atoms with Gasteiger partial charge >= 0.3 is 0 Å². The number of amides is 1. The van der Waals surface area contributed by atoms with Crippen molar-refractivity contribution in [2.75, 3.05) is 11.1 Å². The maximum absolute atomic E-state index is 12.4. The summed E-state index contributed by atoms with van der Waals surface area (Å²) in [5.41, 5.74) is 3.52. The van der Waals surface area contributed by atoms with Gasteiger partial charge in [-0.2, -0.15) is 0 Å². The van der Waals surface area contributed by atoms with E-state index < -0.39 is 9.84 Å². The van der Waals surface area contributed by atoms with Crippen molar-refractivity contribution in [1.82, 2.24) is 4.98 Å². The van der Waals surface area contributed by atoms with Crippen molar-refractivity contribution in [3.63, 3.8) is 0 Å². The minimum absolute atomic E-state index is 0.0341. The van der Waals surface area contributed by atoms with Gasteiger partial charge in [0.05, 0.1) is 21.9 Å². The topological polar surface area (TPSA) is 85.4 Å². The first-order valence-electron chi connectivity index (χ1n) is 8.22. The van der Waals surface area contributed by atoms with Crippen LogP contribution in [-0.2, 0) is 16.4 Å². The van der Waals surface area contributed by atoms with Gasteiger partial charge in [-0.25, -0.2) is 13.4 Å². The van der Waals surface area contributed by atoms with Crippen LogP contribution in [0.15, 0.2) is 64.3 Å². The van der Waals surface area contributed by atoms with E-state index in [4.69, 9.17) is 4.74 Å². The Labute approximate surface area is 161 Å². The smallest absolute Gasteiger partial charge is 0.255 e. The first-order chi connectivity index (χ1) is 13.0. The molecule has 0 saturated carbocycles. The number of hydrogen-bond acceptors (Lipinski definition) is 6. The van der Waals surface area contributed by atoms with Gasteiger partial charge in [-0.3, -0.25) is 4.79 Å². The van der Waals surface area contributed by atoms with Crippen LogP contribution in [0.4, 0.5) is 5.69 Å². The average Bonchev–Trinajstić information content (AvgIpc) is 3.21. The maximum atomic E-state index is 12.4. The van der Waals surface area contributed by atoms with Gasteiger partial charge in [0.25, 0.3) is 5.91 Å². The van der Waals surface area contributed by atoms with Gasteiger partial charge in [-0.1, -0.05) is 13.0 Å². The van der Waals surface area contributed by atoms with Crippen LogP contribution in [0.5, 0.6) is 5.75 Å². The molecule has 2 aromatic carbocycles. The fraction of sp³-hybridized carbons (Fsp3) is 0.158. The highest BCUT2D eigenvalue weighted by Crippen LogP contribution is 2.19. The van der Waals surface area contributed by atoms with E-state index >= 15 is 0 Å². The number of nitrogens with one attached hydrogen (secondary N) is 1. The molecule has 0 bridgehead atoms. The Kier molecular flexibility index (Phi) is 5.88. The summed E-state index contributed by atoms with van der Waals surface area (Å²) in [5, 5.41) is 4.65. The molecule has 3 aromatic rings. The third-order valence-electron chi connectivity index (χ3n) is 3.82. The zero-order chi connectivity index (χ0) is 19.3. The molecule has 0 spiro atoms. The van der Waals surface area contributed by atoms with Gasteiger partial charge in [-0.05, 0) is 42.5 Å². The van der Waals surface area contributed by atoms with Gasteiger partial charge in [0.15, 0.2) is 9.84 Å². The lowest BCUT2D eigenvalue weighted by Crippen LogP contribution is -2.12. The SMILES string of the molecule is CCS(=O)(=O)c1ccc(NC(=O)c2cccc(OCc3cscn3)c2)cc1. The number of nitrogens with zero attached hydrogens (tertiary/aromatic N) is 1. The van der Waals surface area contributed by atoms with Crippen LogP contribution in [0.1, 0.15) is 23.0 Å². The normalized spacial score (nSPS) is 11.1. The molecule has 8 heteroatoms. The maximum Gasteiger partial charge on any atom is 0.255 e. The van der Waals surface area contributed by atoms with E-state index in [9.17, 15) is 13.2 Å². The Bertz CT molecular complexity index is 1010. The van der Waals surface area contributed by atoms with E-state index in [0.717, 1.165) is 5.69 Å². The molecule has 0 aliphatic rings. The van der Waals surface area contributed by atoms with Crippen LogP contribution in [0.2, 0.25) is 0 Å². The molecule has 1 heterocycles. The number of aromatic nitrogens is 1. The third-order valence-corrected chi connectivity index (χ3v) is 6.20. The highest BCUT2D eigenvalue weighted by Gasteiger charge is 2.12. The zero-order valence-electron chi connectivity index (χ0n) is 14.6. The van der Waals surface area contributed by atoms with E-state index in [2.05, 4.69) is 10.3 Å². The lowest BCUT2D eigenvalue weighted by Gasteiger charge is -2.09. The largest absolute Gasteiger partial charge is 0.487 e. The van der Waals surface area contributed by atoms with Crippen molar-refractivity contribution in [1.29, 1.82) is 0 Å². The van der Waals surface area contributed by atoms with Crippen molar-refractivity contribution in [3.05, 3.63) is 70.7 Å². The van der Waals surface area contributed by atoms with Crippen LogP contribution in [0.3, 0.4) is 0 Å². The molecule has 6 nitrogen and oxygen atoms in total. The number of carbonyl (C=O) groups is 1. The van der Waals surface area contributed by atoms with Gasteiger partial charge in [-0.15, -0.1) is 11.3 Å². The second kappa shape index (κ2) is 8.32. The Morgan fingerprint density at radius 3 is 2.63 bits per heavy atom. The summed E-state index contributed by atoms with van der Waals surface area (Å²) in [6.07, 6.45) is 0. The molecule has 0 aliphatic heterocycles. The minimum atomic E-state index is -3.26. The molecule has 0 aliphatic carbocycles. The molecule has 27 heavy (non-hydrogen) atoms. The second-order valence-corrected chi connectivity index (χ2v) is 8.68. The van der Waals surface area contributed by atoms with Crippen LogP contribution in [0.25, 0.3) is 0 Å². The molecule has 1 aromatic heterocycles. The summed E-state index contributed by atoms with van der Waals surface area (Å²) < 4.78 is 29.3. The molecule has 0 saturated heterocycles. The van der Waals surface area contributed by atoms with Crippen LogP contribution >= 0.6 is 11.3 Å². The van der Waals surface area contributed by atoms with E-state index in [1.807, 2.05) is 5.38 Å².